The zero-order valence-electron chi connectivity index (χ0n) is 12.0. The van der Waals surface area contributed by atoms with E-state index >= 15 is 0 Å². The second-order valence-corrected chi connectivity index (χ2v) is 6.04. The molecule has 1 rings (SSSR count). The van der Waals surface area contributed by atoms with E-state index in [4.69, 9.17) is 0 Å². The summed E-state index contributed by atoms with van der Waals surface area (Å²) in [5.41, 5.74) is 0.337. The molecular formula is C14H28N2O2. The van der Waals surface area contributed by atoms with E-state index < -0.39 is 0 Å². The largest absolute Gasteiger partial charge is 0.394 e. The van der Waals surface area contributed by atoms with Crippen LogP contribution in [0.25, 0.3) is 0 Å². The number of carbonyl (C=O) groups is 1. The van der Waals surface area contributed by atoms with E-state index in [-0.39, 0.29) is 18.7 Å². The average Bonchev–Trinajstić information content (AvgIpc) is 2.26. The molecule has 0 radical (unpaired) electrons. The number of hydrogen-bond donors (Lipinski definition) is 3. The Bertz CT molecular complexity index is 257. The zero-order chi connectivity index (χ0) is 13.6. The van der Waals surface area contributed by atoms with Crippen LogP contribution in [0.2, 0.25) is 0 Å². The molecular weight excluding hydrogens is 228 g/mol. The Morgan fingerprint density at radius 3 is 2.44 bits per heavy atom. The van der Waals surface area contributed by atoms with Crippen LogP contribution in [0.1, 0.15) is 52.9 Å². The Morgan fingerprint density at radius 1 is 1.39 bits per heavy atom. The lowest BCUT2D eigenvalue weighted by Crippen LogP contribution is -2.49. The number of nitrogens with one attached hydrogen (secondary N) is 2. The summed E-state index contributed by atoms with van der Waals surface area (Å²) in [7, 11) is 0. The molecule has 4 nitrogen and oxygen atoms in total. The third kappa shape index (κ3) is 4.48. The summed E-state index contributed by atoms with van der Waals surface area (Å²) >= 11 is 0. The maximum absolute atomic E-state index is 11.8. The predicted molar refractivity (Wildman–Crippen MR) is 73.4 cm³/mol. The van der Waals surface area contributed by atoms with Crippen molar-refractivity contribution in [1.82, 2.24) is 10.6 Å². The van der Waals surface area contributed by atoms with E-state index in [0.717, 1.165) is 19.4 Å². The first-order valence-corrected chi connectivity index (χ1v) is 7.16. The summed E-state index contributed by atoms with van der Waals surface area (Å²) in [6.07, 6.45) is 5.66. The molecule has 1 fully saturated rings. The van der Waals surface area contributed by atoms with Crippen LogP contribution >= 0.6 is 0 Å². The Morgan fingerprint density at radius 2 is 2.06 bits per heavy atom. The van der Waals surface area contributed by atoms with E-state index in [0.29, 0.717) is 11.3 Å². The van der Waals surface area contributed by atoms with E-state index in [1.165, 1.54) is 19.3 Å². The molecule has 0 spiro atoms. The number of urea groups is 1. The highest BCUT2D eigenvalue weighted by Gasteiger charge is 2.35. The molecule has 1 saturated carbocycles. The van der Waals surface area contributed by atoms with Crippen molar-refractivity contribution < 1.29 is 9.90 Å². The molecule has 0 aromatic carbocycles. The van der Waals surface area contributed by atoms with E-state index in [2.05, 4.69) is 31.4 Å². The second-order valence-electron chi connectivity index (χ2n) is 6.04. The summed E-state index contributed by atoms with van der Waals surface area (Å²) in [5.74, 6) is 0.469. The van der Waals surface area contributed by atoms with E-state index in [1.807, 2.05) is 0 Å². The molecule has 1 atom stereocenters. The molecule has 1 unspecified atom stereocenters. The van der Waals surface area contributed by atoms with Crippen molar-refractivity contribution >= 4 is 6.03 Å². The minimum atomic E-state index is -0.144. The summed E-state index contributed by atoms with van der Waals surface area (Å²) in [6, 6.07) is -0.279. The third-order valence-electron chi connectivity index (χ3n) is 4.10. The van der Waals surface area contributed by atoms with Gasteiger partial charge in [0.2, 0.25) is 0 Å². The van der Waals surface area contributed by atoms with Gasteiger partial charge in [0.15, 0.2) is 0 Å². The van der Waals surface area contributed by atoms with Crippen molar-refractivity contribution in [3.63, 3.8) is 0 Å². The van der Waals surface area contributed by atoms with Crippen molar-refractivity contribution in [1.29, 1.82) is 0 Å². The number of carbonyl (C=O) groups excluding carboxylic acids is 1. The third-order valence-corrected chi connectivity index (χ3v) is 4.10. The van der Waals surface area contributed by atoms with Crippen LogP contribution in [0.3, 0.4) is 0 Å². The lowest BCUT2D eigenvalue weighted by Gasteiger charge is -2.41. The first-order chi connectivity index (χ1) is 8.51. The molecule has 1 aliphatic rings. The first-order valence-electron chi connectivity index (χ1n) is 7.16. The zero-order valence-corrected chi connectivity index (χ0v) is 12.0. The first kappa shape index (κ1) is 15.3. The number of hydrogen-bond acceptors (Lipinski definition) is 2. The molecule has 0 heterocycles. The molecule has 2 amide bonds. The van der Waals surface area contributed by atoms with Crippen LogP contribution in [0.15, 0.2) is 0 Å². The van der Waals surface area contributed by atoms with Gasteiger partial charge in [0.25, 0.3) is 0 Å². The minimum Gasteiger partial charge on any atom is -0.394 e. The highest BCUT2D eigenvalue weighted by Crippen LogP contribution is 2.42. The molecule has 0 aromatic heterocycles. The molecule has 3 N–H and O–H groups in total. The van der Waals surface area contributed by atoms with Crippen LogP contribution in [-0.4, -0.2) is 30.3 Å². The standard InChI is InChI=1S/C14H28N2O2/c1-4-14(6-5-7-14)10-15-13(18)16-12(9-17)8-11(2)3/h11-12,17H,4-10H2,1-3H3,(H2,15,16,18). The molecule has 4 heteroatoms. The summed E-state index contributed by atoms with van der Waals surface area (Å²) in [4.78, 5) is 11.8. The SMILES string of the molecule is CCC1(CNC(=O)NC(CO)CC(C)C)CCC1. The Hall–Kier alpha value is -0.770. The normalized spacial score (nSPS) is 19.2. The molecule has 0 aliphatic heterocycles. The second kappa shape index (κ2) is 6.98. The van der Waals surface area contributed by atoms with Gasteiger partial charge in [-0.25, -0.2) is 4.79 Å². The maximum atomic E-state index is 11.8. The van der Waals surface area contributed by atoms with Gasteiger partial charge in [0.1, 0.15) is 0 Å². The quantitative estimate of drug-likeness (QED) is 0.654. The highest BCUT2D eigenvalue weighted by atomic mass is 16.3. The molecule has 0 saturated heterocycles. The fourth-order valence-corrected chi connectivity index (χ4v) is 2.58. The topological polar surface area (TPSA) is 61.4 Å². The lowest BCUT2D eigenvalue weighted by molar-refractivity contribution is 0.125. The van der Waals surface area contributed by atoms with Crippen LogP contribution in [0.5, 0.6) is 0 Å². The van der Waals surface area contributed by atoms with Gasteiger partial charge >= 0.3 is 6.03 Å². The Kier molecular flexibility index (Phi) is 5.93. The van der Waals surface area contributed by atoms with Crippen molar-refractivity contribution in [2.24, 2.45) is 11.3 Å². The maximum Gasteiger partial charge on any atom is 0.315 e. The van der Waals surface area contributed by atoms with Gasteiger partial charge in [-0.05, 0) is 37.0 Å². The van der Waals surface area contributed by atoms with Crippen molar-refractivity contribution in [2.45, 2.75) is 58.9 Å². The van der Waals surface area contributed by atoms with E-state index in [9.17, 15) is 9.90 Å². The molecule has 106 valence electrons. The van der Waals surface area contributed by atoms with Crippen molar-refractivity contribution in [3.05, 3.63) is 0 Å². The summed E-state index contributed by atoms with van der Waals surface area (Å²) in [5, 5.41) is 15.0. The summed E-state index contributed by atoms with van der Waals surface area (Å²) < 4.78 is 0. The highest BCUT2D eigenvalue weighted by molar-refractivity contribution is 5.74. The van der Waals surface area contributed by atoms with Gasteiger partial charge in [-0.3, -0.25) is 0 Å². The molecule has 1 aliphatic carbocycles. The number of aliphatic hydroxyl groups is 1. The molecule has 18 heavy (non-hydrogen) atoms. The number of aliphatic hydroxyl groups excluding tert-OH is 1. The van der Waals surface area contributed by atoms with Crippen molar-refractivity contribution in [2.75, 3.05) is 13.2 Å². The summed E-state index contributed by atoms with van der Waals surface area (Å²) in [6.45, 7) is 7.12. The average molecular weight is 256 g/mol. The number of rotatable bonds is 7. The minimum absolute atomic E-state index is 0.00448. The van der Waals surface area contributed by atoms with Crippen LogP contribution in [0, 0.1) is 11.3 Å². The van der Waals surface area contributed by atoms with Crippen LogP contribution in [-0.2, 0) is 0 Å². The number of amides is 2. The fraction of sp³-hybridized carbons (Fsp3) is 0.929. The van der Waals surface area contributed by atoms with Crippen LogP contribution < -0.4 is 10.6 Å². The van der Waals surface area contributed by atoms with Gasteiger partial charge in [-0.2, -0.15) is 0 Å². The molecule has 0 aromatic rings. The van der Waals surface area contributed by atoms with Crippen LogP contribution in [0.4, 0.5) is 4.79 Å². The van der Waals surface area contributed by atoms with Crippen molar-refractivity contribution in [3.8, 4) is 0 Å². The smallest absolute Gasteiger partial charge is 0.315 e. The Balaban J connectivity index is 2.27. The molecule has 0 bridgehead atoms. The monoisotopic (exact) mass is 256 g/mol. The Labute approximate surface area is 111 Å². The predicted octanol–water partition coefficient (Wildman–Crippen LogP) is 2.27. The van der Waals surface area contributed by atoms with E-state index in [1.54, 1.807) is 0 Å². The van der Waals surface area contributed by atoms with Gasteiger partial charge < -0.3 is 15.7 Å². The van der Waals surface area contributed by atoms with Gasteiger partial charge in [0, 0.05) is 6.54 Å². The lowest BCUT2D eigenvalue weighted by atomic mass is 9.67. The van der Waals surface area contributed by atoms with Gasteiger partial charge in [0.05, 0.1) is 12.6 Å². The fourth-order valence-electron chi connectivity index (χ4n) is 2.58. The van der Waals surface area contributed by atoms with Gasteiger partial charge in [-0.15, -0.1) is 0 Å². The van der Waals surface area contributed by atoms with Gasteiger partial charge in [-0.1, -0.05) is 27.2 Å².